The lowest BCUT2D eigenvalue weighted by Gasteiger charge is -2.13. The second-order valence-electron chi connectivity index (χ2n) is 8.45. The van der Waals surface area contributed by atoms with Crippen LogP contribution in [0.5, 0.6) is 17.2 Å². The van der Waals surface area contributed by atoms with Crippen molar-refractivity contribution in [2.45, 2.75) is 26.4 Å². The zero-order chi connectivity index (χ0) is 26.9. The molecule has 1 atom stereocenters. The van der Waals surface area contributed by atoms with Crippen molar-refractivity contribution in [1.29, 1.82) is 0 Å². The number of hydrazone groups is 1. The topological polar surface area (TPSA) is 86.2 Å². The Labute approximate surface area is 229 Å². The first-order valence-corrected chi connectivity index (χ1v) is 12.9. The number of hydrogen-bond acceptors (Lipinski definition) is 6. The minimum absolute atomic E-state index is 0.294. The molecule has 0 bridgehead atoms. The lowest BCUT2D eigenvalue weighted by molar-refractivity contribution is -0.127. The third-order valence-corrected chi connectivity index (χ3v) is 6.01. The lowest BCUT2D eigenvalue weighted by atomic mass is 10.1. The number of ether oxygens (including phenoxy) is 3. The number of halogens is 1. The fraction of sp³-hybridized carbons (Fsp3) is 0.167. The Kier molecular flexibility index (Phi) is 9.11. The van der Waals surface area contributed by atoms with Gasteiger partial charge in [0.15, 0.2) is 6.10 Å². The lowest BCUT2D eigenvalue weighted by Crippen LogP contribution is -2.33. The van der Waals surface area contributed by atoms with E-state index in [9.17, 15) is 9.59 Å². The molecule has 0 aliphatic rings. The molecule has 7 nitrogen and oxygen atoms in total. The van der Waals surface area contributed by atoms with Crippen LogP contribution in [0.15, 0.2) is 94.5 Å². The smallest absolute Gasteiger partial charge is 0.343 e. The van der Waals surface area contributed by atoms with Crippen molar-refractivity contribution < 1.29 is 23.8 Å². The Morgan fingerprint density at radius 3 is 2.45 bits per heavy atom. The first-order valence-electron chi connectivity index (χ1n) is 12.2. The summed E-state index contributed by atoms with van der Waals surface area (Å²) in [6.07, 6.45) is 1.53. The molecule has 1 amide bonds. The van der Waals surface area contributed by atoms with Crippen LogP contribution in [0, 0.1) is 0 Å². The number of benzene rings is 4. The molecule has 0 aliphatic carbocycles. The van der Waals surface area contributed by atoms with Gasteiger partial charge in [-0.05, 0) is 78.7 Å². The molecule has 194 valence electrons. The molecule has 1 N–H and O–H groups in total. The van der Waals surface area contributed by atoms with Gasteiger partial charge in [-0.2, -0.15) is 5.10 Å². The van der Waals surface area contributed by atoms with Crippen LogP contribution in [0.4, 0.5) is 0 Å². The van der Waals surface area contributed by atoms with E-state index in [0.29, 0.717) is 35.0 Å². The Balaban J connectivity index is 1.38. The molecule has 0 unspecified atom stereocenters. The van der Waals surface area contributed by atoms with Gasteiger partial charge in [0.25, 0.3) is 5.91 Å². The normalized spacial score (nSPS) is 11.8. The predicted octanol–water partition coefficient (Wildman–Crippen LogP) is 6.53. The summed E-state index contributed by atoms with van der Waals surface area (Å²) < 4.78 is 17.7. The van der Waals surface area contributed by atoms with Crippen LogP contribution in [0.25, 0.3) is 10.8 Å². The minimum atomic E-state index is -0.780. The number of carbonyl (C=O) groups is 2. The highest BCUT2D eigenvalue weighted by Crippen LogP contribution is 2.24. The summed E-state index contributed by atoms with van der Waals surface area (Å²) >= 11 is 3.41. The molecule has 4 rings (SSSR count). The van der Waals surface area contributed by atoms with Crippen molar-refractivity contribution >= 4 is 44.8 Å². The van der Waals surface area contributed by atoms with Gasteiger partial charge in [-0.3, -0.25) is 4.79 Å². The Morgan fingerprint density at radius 1 is 0.947 bits per heavy atom. The summed E-state index contributed by atoms with van der Waals surface area (Å²) in [5, 5.41) is 6.15. The van der Waals surface area contributed by atoms with E-state index in [-0.39, 0.29) is 0 Å². The second kappa shape index (κ2) is 12.9. The van der Waals surface area contributed by atoms with E-state index >= 15 is 0 Å². The van der Waals surface area contributed by atoms with Crippen LogP contribution in [0.1, 0.15) is 36.2 Å². The summed E-state index contributed by atoms with van der Waals surface area (Å²) in [5.41, 5.74) is 3.36. The maximum Gasteiger partial charge on any atom is 0.343 e. The van der Waals surface area contributed by atoms with Crippen molar-refractivity contribution in [3.8, 4) is 17.2 Å². The molecule has 4 aromatic carbocycles. The first kappa shape index (κ1) is 26.9. The molecule has 0 heterocycles. The summed E-state index contributed by atoms with van der Waals surface area (Å²) in [4.78, 5) is 25.3. The number of hydrogen-bond donors (Lipinski definition) is 1. The molecular formula is C30H27BrN2O5. The Bertz CT molecular complexity index is 1450. The van der Waals surface area contributed by atoms with Gasteiger partial charge in [0, 0.05) is 10.0 Å². The van der Waals surface area contributed by atoms with Crippen molar-refractivity contribution in [2.24, 2.45) is 5.10 Å². The maximum absolute atomic E-state index is 12.7. The van der Waals surface area contributed by atoms with Crippen LogP contribution in [0.2, 0.25) is 0 Å². The molecule has 0 fully saturated rings. The molecule has 0 aromatic heterocycles. The van der Waals surface area contributed by atoms with Crippen molar-refractivity contribution in [1.82, 2.24) is 5.43 Å². The van der Waals surface area contributed by atoms with Crippen molar-refractivity contribution in [2.75, 3.05) is 6.61 Å². The number of nitrogens with zero attached hydrogens (tertiary/aromatic N) is 1. The summed E-state index contributed by atoms with van der Waals surface area (Å²) in [5.74, 6) is 0.623. The fourth-order valence-electron chi connectivity index (χ4n) is 3.53. The number of esters is 1. The molecule has 0 aliphatic heterocycles. The summed E-state index contributed by atoms with van der Waals surface area (Å²) in [6.45, 7) is 4.28. The number of rotatable bonds is 10. The van der Waals surface area contributed by atoms with Crippen LogP contribution in [-0.4, -0.2) is 30.8 Å². The highest BCUT2D eigenvalue weighted by molar-refractivity contribution is 9.10. The molecule has 0 saturated heterocycles. The Hall–Kier alpha value is -4.17. The quantitative estimate of drug-likeness (QED) is 0.101. The van der Waals surface area contributed by atoms with Crippen LogP contribution in [-0.2, 0) is 4.79 Å². The largest absolute Gasteiger partial charge is 0.494 e. The van der Waals surface area contributed by atoms with E-state index < -0.39 is 18.0 Å². The zero-order valence-corrected chi connectivity index (χ0v) is 22.6. The van der Waals surface area contributed by atoms with E-state index in [4.69, 9.17) is 14.2 Å². The number of carbonyl (C=O) groups excluding carboxylic acids is 2. The Morgan fingerprint density at radius 2 is 1.68 bits per heavy atom. The van der Waals surface area contributed by atoms with Crippen molar-refractivity contribution in [3.05, 3.63) is 101 Å². The van der Waals surface area contributed by atoms with E-state index in [1.807, 2.05) is 49.4 Å². The van der Waals surface area contributed by atoms with Gasteiger partial charge in [-0.1, -0.05) is 53.2 Å². The van der Waals surface area contributed by atoms with Gasteiger partial charge >= 0.3 is 5.97 Å². The molecule has 8 heteroatoms. The zero-order valence-electron chi connectivity index (χ0n) is 21.0. The van der Waals surface area contributed by atoms with E-state index in [1.54, 1.807) is 49.4 Å². The molecule has 0 saturated carbocycles. The average Bonchev–Trinajstić information content (AvgIpc) is 2.93. The van der Waals surface area contributed by atoms with Crippen LogP contribution in [0.3, 0.4) is 0 Å². The highest BCUT2D eigenvalue weighted by atomic mass is 79.9. The van der Waals surface area contributed by atoms with Gasteiger partial charge in [0.1, 0.15) is 17.2 Å². The molecular weight excluding hydrogens is 548 g/mol. The third kappa shape index (κ3) is 7.20. The molecule has 38 heavy (non-hydrogen) atoms. The standard InChI is InChI=1S/C30H27BrN2O5/c1-3-16-36-26-12-9-22(10-13-26)30(35)38-28-15-11-25(31)17-24(28)19-32-33-29(34)20(2)37-27-14-8-21-6-4-5-7-23(21)18-27/h4-15,17-20H,3,16H2,1-2H3,(H,33,34)/b32-19-/t20-/m1/s1. The van der Waals surface area contributed by atoms with Crippen molar-refractivity contribution in [3.63, 3.8) is 0 Å². The summed E-state index contributed by atoms with van der Waals surface area (Å²) in [6, 6.07) is 25.4. The van der Waals surface area contributed by atoms with Crippen LogP contribution >= 0.6 is 15.9 Å². The third-order valence-electron chi connectivity index (χ3n) is 5.52. The van der Waals surface area contributed by atoms with Crippen LogP contribution < -0.4 is 19.6 Å². The van der Waals surface area contributed by atoms with E-state index in [1.165, 1.54) is 6.21 Å². The monoisotopic (exact) mass is 574 g/mol. The van der Waals surface area contributed by atoms with Gasteiger partial charge in [-0.15, -0.1) is 0 Å². The molecule has 0 spiro atoms. The van der Waals surface area contributed by atoms with E-state index in [2.05, 4.69) is 26.5 Å². The highest BCUT2D eigenvalue weighted by Gasteiger charge is 2.15. The minimum Gasteiger partial charge on any atom is -0.494 e. The maximum atomic E-state index is 12.7. The SMILES string of the molecule is CCCOc1ccc(C(=O)Oc2ccc(Br)cc2/C=N\NC(=O)[C@@H](C)Oc2ccc3ccccc3c2)cc1. The molecule has 4 aromatic rings. The van der Waals surface area contributed by atoms with E-state index in [0.717, 1.165) is 21.7 Å². The number of amides is 1. The summed E-state index contributed by atoms with van der Waals surface area (Å²) in [7, 11) is 0. The average molecular weight is 575 g/mol. The number of fused-ring (bicyclic) bond motifs is 1. The van der Waals surface area contributed by atoms with Gasteiger partial charge < -0.3 is 14.2 Å². The van der Waals surface area contributed by atoms with Gasteiger partial charge in [-0.25, -0.2) is 10.2 Å². The second-order valence-corrected chi connectivity index (χ2v) is 9.36. The number of nitrogens with one attached hydrogen (secondary N) is 1. The first-order chi connectivity index (χ1) is 18.4. The predicted molar refractivity (Wildman–Crippen MR) is 151 cm³/mol. The molecule has 0 radical (unpaired) electrons. The van der Waals surface area contributed by atoms with Gasteiger partial charge in [0.2, 0.25) is 0 Å². The van der Waals surface area contributed by atoms with Gasteiger partial charge in [0.05, 0.1) is 18.4 Å². The fourth-order valence-corrected chi connectivity index (χ4v) is 3.91.